The first-order valence-corrected chi connectivity index (χ1v) is 11.1. The topological polar surface area (TPSA) is 75.7 Å². The van der Waals surface area contributed by atoms with Crippen molar-refractivity contribution in [1.82, 2.24) is 9.62 Å². The van der Waals surface area contributed by atoms with Crippen molar-refractivity contribution in [2.24, 2.45) is 5.92 Å². The fourth-order valence-corrected chi connectivity index (χ4v) is 5.63. The van der Waals surface area contributed by atoms with Crippen LogP contribution in [-0.4, -0.2) is 39.3 Å². The fraction of sp³-hybridized carbons (Fsp3) is 0.389. The second-order valence-corrected chi connectivity index (χ2v) is 10.5. The van der Waals surface area contributed by atoms with E-state index in [9.17, 15) is 13.2 Å². The van der Waals surface area contributed by atoms with Crippen molar-refractivity contribution in [3.05, 3.63) is 46.3 Å². The molecule has 1 fully saturated rings. The first-order chi connectivity index (χ1) is 12.8. The number of benzene rings is 1. The van der Waals surface area contributed by atoms with E-state index in [0.717, 1.165) is 39.8 Å². The molecule has 0 saturated heterocycles. The minimum atomic E-state index is -3.74. The van der Waals surface area contributed by atoms with E-state index in [4.69, 9.17) is 16.3 Å². The zero-order chi connectivity index (χ0) is 19.6. The minimum absolute atomic E-state index is 0.122. The average molecular weight is 429 g/mol. The predicted molar refractivity (Wildman–Crippen MR) is 106 cm³/mol. The SMILES string of the molecule is COc1ccc(C(NC(=O)CN(C)S(=O)(=O)c2ccc(Cl)s2)C2CC2)cc1. The summed E-state index contributed by atoms with van der Waals surface area (Å²) >= 11 is 6.80. The molecule has 1 saturated carbocycles. The normalized spacial score (nSPS) is 15.6. The second kappa shape index (κ2) is 8.18. The highest BCUT2D eigenvalue weighted by atomic mass is 35.5. The number of methoxy groups -OCH3 is 1. The summed E-state index contributed by atoms with van der Waals surface area (Å²) in [6.45, 7) is -0.253. The molecule has 1 N–H and O–H groups in total. The molecule has 3 rings (SSSR count). The molecule has 6 nitrogen and oxygen atoms in total. The van der Waals surface area contributed by atoms with Crippen LogP contribution in [0.15, 0.2) is 40.6 Å². The van der Waals surface area contributed by atoms with Gasteiger partial charge in [-0.1, -0.05) is 23.7 Å². The summed E-state index contributed by atoms with van der Waals surface area (Å²) in [5.74, 6) is 0.789. The van der Waals surface area contributed by atoms with Crippen LogP contribution in [0.3, 0.4) is 0 Å². The third-order valence-electron chi connectivity index (χ3n) is 4.46. The zero-order valence-corrected chi connectivity index (χ0v) is 17.4. The van der Waals surface area contributed by atoms with E-state index in [1.807, 2.05) is 24.3 Å². The van der Waals surface area contributed by atoms with E-state index in [2.05, 4.69) is 5.32 Å². The maximum Gasteiger partial charge on any atom is 0.252 e. The number of carbonyl (C=O) groups is 1. The number of carbonyl (C=O) groups excluding carboxylic acids is 1. The second-order valence-electron chi connectivity index (χ2n) is 6.48. The smallest absolute Gasteiger partial charge is 0.252 e. The molecule has 0 bridgehead atoms. The number of thiophene rings is 1. The molecule has 146 valence electrons. The first kappa shape index (κ1) is 20.1. The van der Waals surface area contributed by atoms with Crippen LogP contribution in [0.5, 0.6) is 5.75 Å². The molecular formula is C18H21ClN2O4S2. The molecule has 1 amide bonds. The van der Waals surface area contributed by atoms with Crippen LogP contribution in [-0.2, 0) is 14.8 Å². The molecule has 0 spiro atoms. The predicted octanol–water partition coefficient (Wildman–Crippen LogP) is 3.30. The summed E-state index contributed by atoms with van der Waals surface area (Å²) in [5.41, 5.74) is 0.988. The number of ether oxygens (including phenoxy) is 1. The molecule has 0 aliphatic heterocycles. The number of rotatable bonds is 8. The molecule has 1 aliphatic rings. The van der Waals surface area contributed by atoms with Gasteiger partial charge in [0.1, 0.15) is 9.96 Å². The lowest BCUT2D eigenvalue weighted by molar-refractivity contribution is -0.122. The number of nitrogens with zero attached hydrogens (tertiary/aromatic N) is 1. The fourth-order valence-electron chi connectivity index (χ4n) is 2.81. The molecular weight excluding hydrogens is 408 g/mol. The Bertz CT molecular complexity index is 908. The summed E-state index contributed by atoms with van der Waals surface area (Å²) in [6, 6.07) is 10.4. The van der Waals surface area contributed by atoms with Gasteiger partial charge in [0.15, 0.2) is 0 Å². The number of nitrogens with one attached hydrogen (secondary N) is 1. The quantitative estimate of drug-likeness (QED) is 0.699. The zero-order valence-electron chi connectivity index (χ0n) is 15.0. The Labute approximate surface area is 168 Å². The average Bonchev–Trinajstić information content (AvgIpc) is 3.39. The van der Waals surface area contributed by atoms with Crippen LogP contribution in [0.25, 0.3) is 0 Å². The van der Waals surface area contributed by atoms with Gasteiger partial charge in [0.2, 0.25) is 5.91 Å². The van der Waals surface area contributed by atoms with Gasteiger partial charge < -0.3 is 10.1 Å². The third-order valence-corrected chi connectivity index (χ3v) is 7.97. The van der Waals surface area contributed by atoms with Crippen LogP contribution in [0, 0.1) is 5.92 Å². The lowest BCUT2D eigenvalue weighted by Crippen LogP contribution is -2.40. The lowest BCUT2D eigenvalue weighted by Gasteiger charge is -2.21. The highest BCUT2D eigenvalue weighted by Crippen LogP contribution is 2.41. The minimum Gasteiger partial charge on any atom is -0.497 e. The van der Waals surface area contributed by atoms with E-state index >= 15 is 0 Å². The van der Waals surface area contributed by atoms with E-state index in [-0.39, 0.29) is 22.7 Å². The molecule has 2 aromatic rings. The Morgan fingerprint density at radius 3 is 2.48 bits per heavy atom. The monoisotopic (exact) mass is 428 g/mol. The molecule has 0 radical (unpaired) electrons. The van der Waals surface area contributed by atoms with Crippen molar-refractivity contribution in [2.45, 2.75) is 23.1 Å². The number of hydrogen-bond donors (Lipinski definition) is 1. The van der Waals surface area contributed by atoms with E-state index < -0.39 is 10.0 Å². The van der Waals surface area contributed by atoms with Gasteiger partial charge in [0, 0.05) is 7.05 Å². The summed E-state index contributed by atoms with van der Waals surface area (Å²) in [4.78, 5) is 12.5. The molecule has 1 heterocycles. The van der Waals surface area contributed by atoms with Gasteiger partial charge in [-0.2, -0.15) is 4.31 Å². The van der Waals surface area contributed by atoms with Crippen molar-refractivity contribution in [2.75, 3.05) is 20.7 Å². The van der Waals surface area contributed by atoms with Gasteiger partial charge in [-0.25, -0.2) is 8.42 Å². The molecule has 9 heteroatoms. The van der Waals surface area contributed by atoms with Crippen molar-refractivity contribution in [1.29, 1.82) is 0 Å². The summed E-state index contributed by atoms with van der Waals surface area (Å²) in [7, 11) is -0.743. The van der Waals surface area contributed by atoms with E-state index in [1.54, 1.807) is 7.11 Å². The van der Waals surface area contributed by atoms with Gasteiger partial charge in [0.05, 0.1) is 24.0 Å². The van der Waals surface area contributed by atoms with Gasteiger partial charge >= 0.3 is 0 Å². The number of likely N-dealkylation sites (N-methyl/N-ethyl adjacent to an activating group) is 1. The van der Waals surface area contributed by atoms with Crippen molar-refractivity contribution >= 4 is 38.9 Å². The Hall–Kier alpha value is -1.61. The van der Waals surface area contributed by atoms with Gasteiger partial charge in [0.25, 0.3) is 10.0 Å². The van der Waals surface area contributed by atoms with Crippen LogP contribution >= 0.6 is 22.9 Å². The molecule has 1 aromatic carbocycles. The van der Waals surface area contributed by atoms with Crippen molar-refractivity contribution < 1.29 is 17.9 Å². The molecule has 27 heavy (non-hydrogen) atoms. The maximum atomic E-state index is 12.5. The van der Waals surface area contributed by atoms with E-state index in [0.29, 0.717) is 10.3 Å². The Morgan fingerprint density at radius 2 is 1.96 bits per heavy atom. The Balaban J connectivity index is 1.67. The van der Waals surface area contributed by atoms with Gasteiger partial charge in [-0.05, 0) is 48.6 Å². The third kappa shape index (κ3) is 4.82. The van der Waals surface area contributed by atoms with Crippen LogP contribution < -0.4 is 10.1 Å². The number of hydrogen-bond acceptors (Lipinski definition) is 5. The Kier molecular flexibility index (Phi) is 6.10. The molecule has 1 aliphatic carbocycles. The Morgan fingerprint density at radius 1 is 1.30 bits per heavy atom. The summed E-state index contributed by atoms with van der Waals surface area (Å²) < 4.78 is 31.8. The summed E-state index contributed by atoms with van der Waals surface area (Å²) in [5, 5.41) is 2.98. The number of halogens is 1. The van der Waals surface area contributed by atoms with E-state index in [1.165, 1.54) is 19.2 Å². The lowest BCUT2D eigenvalue weighted by atomic mass is 10.0. The number of amides is 1. The highest BCUT2D eigenvalue weighted by Gasteiger charge is 2.34. The largest absolute Gasteiger partial charge is 0.497 e. The standard InChI is InChI=1S/C18H21ClN2O4S2/c1-21(27(23,24)17-10-9-15(19)26-17)11-16(22)20-18(12-3-4-12)13-5-7-14(25-2)8-6-13/h5-10,12,18H,3-4,11H2,1-2H3,(H,20,22). The first-order valence-electron chi connectivity index (χ1n) is 8.46. The summed E-state index contributed by atoms with van der Waals surface area (Å²) in [6.07, 6.45) is 2.08. The van der Waals surface area contributed by atoms with Crippen LogP contribution in [0.4, 0.5) is 0 Å². The van der Waals surface area contributed by atoms with Crippen LogP contribution in [0.2, 0.25) is 4.34 Å². The molecule has 1 unspecified atom stereocenters. The molecule has 1 atom stereocenters. The maximum absolute atomic E-state index is 12.5. The highest BCUT2D eigenvalue weighted by molar-refractivity contribution is 7.91. The number of sulfonamides is 1. The van der Waals surface area contributed by atoms with Crippen LogP contribution in [0.1, 0.15) is 24.4 Å². The van der Waals surface area contributed by atoms with Gasteiger partial charge in [-0.3, -0.25) is 4.79 Å². The van der Waals surface area contributed by atoms with Gasteiger partial charge in [-0.15, -0.1) is 11.3 Å². The molecule has 1 aromatic heterocycles. The van der Waals surface area contributed by atoms with Crippen molar-refractivity contribution in [3.8, 4) is 5.75 Å². The van der Waals surface area contributed by atoms with Crippen molar-refractivity contribution in [3.63, 3.8) is 0 Å².